The molecule has 0 amide bonds. The van der Waals surface area contributed by atoms with Crippen LogP contribution in [0, 0.1) is 0 Å². The van der Waals surface area contributed by atoms with E-state index in [0.717, 1.165) is 22.2 Å². The Labute approximate surface area is 177 Å². The van der Waals surface area contributed by atoms with E-state index in [1.54, 1.807) is 18.2 Å². The molecule has 3 aromatic carbocycles. The first-order chi connectivity index (χ1) is 13.0. The average molecular weight is 433 g/mol. The lowest BCUT2D eigenvalue weighted by atomic mass is 9.98. The van der Waals surface area contributed by atoms with Crippen LogP contribution in [-0.4, -0.2) is 4.98 Å². The van der Waals surface area contributed by atoms with Crippen LogP contribution in [-0.2, 0) is 6.42 Å². The van der Waals surface area contributed by atoms with Crippen LogP contribution in [0.1, 0.15) is 11.1 Å². The number of rotatable bonds is 3. The summed E-state index contributed by atoms with van der Waals surface area (Å²) in [6.07, 6.45) is 0.717. The van der Waals surface area contributed by atoms with Crippen molar-refractivity contribution in [3.63, 3.8) is 0 Å². The maximum atomic E-state index is 6.51. The molecule has 0 spiro atoms. The molecule has 0 N–H and O–H groups in total. The second kappa shape index (κ2) is 7.69. The molecule has 0 saturated heterocycles. The Hall–Kier alpha value is -1.77. The summed E-state index contributed by atoms with van der Waals surface area (Å²) in [5, 5.41) is 3.06. The van der Waals surface area contributed by atoms with Crippen LogP contribution in [0.2, 0.25) is 20.1 Å². The number of hydrogen-bond acceptors (Lipinski definition) is 1. The predicted octanol–water partition coefficient (Wildman–Crippen LogP) is 8.11. The van der Waals surface area contributed by atoms with E-state index >= 15 is 0 Å². The molecule has 0 atom stereocenters. The zero-order valence-electron chi connectivity index (χ0n) is 14.0. The number of pyridine rings is 1. The zero-order chi connectivity index (χ0) is 19.0. The first kappa shape index (κ1) is 18.6. The van der Waals surface area contributed by atoms with E-state index in [1.807, 2.05) is 36.4 Å². The molecule has 0 aliphatic heterocycles. The summed E-state index contributed by atoms with van der Waals surface area (Å²) >= 11 is 25.2. The highest BCUT2D eigenvalue weighted by Crippen LogP contribution is 2.36. The molecule has 0 aliphatic rings. The van der Waals surface area contributed by atoms with Crippen LogP contribution in [0.4, 0.5) is 0 Å². The molecule has 0 saturated carbocycles. The second-order valence-electron chi connectivity index (χ2n) is 6.21. The van der Waals surface area contributed by atoms with Gasteiger partial charge in [0.2, 0.25) is 0 Å². The lowest BCUT2D eigenvalue weighted by Crippen LogP contribution is -1.96. The van der Waals surface area contributed by atoms with Gasteiger partial charge in [0.1, 0.15) is 0 Å². The third-order valence-electron chi connectivity index (χ3n) is 4.39. The van der Waals surface area contributed by atoms with Crippen molar-refractivity contribution < 1.29 is 0 Å². The van der Waals surface area contributed by atoms with E-state index in [0.29, 0.717) is 32.0 Å². The highest BCUT2D eigenvalue weighted by atomic mass is 35.5. The zero-order valence-corrected chi connectivity index (χ0v) is 17.0. The maximum Gasteiger partial charge on any atom is 0.0913 e. The van der Waals surface area contributed by atoms with Gasteiger partial charge in [-0.1, -0.05) is 82.8 Å². The number of nitrogens with zero attached hydrogens (tertiary/aromatic N) is 1. The van der Waals surface area contributed by atoms with Gasteiger partial charge in [-0.05, 0) is 47.9 Å². The second-order valence-corrected chi connectivity index (χ2v) is 7.84. The van der Waals surface area contributed by atoms with Crippen LogP contribution in [0.5, 0.6) is 0 Å². The SMILES string of the molecule is Clc1ccc(-c2cc(Cc3ccccc3)c3c(Cl)ccc(Cl)c3n2)cc1Cl. The molecular formula is C22H13Cl4N. The van der Waals surface area contributed by atoms with Crippen molar-refractivity contribution >= 4 is 57.3 Å². The van der Waals surface area contributed by atoms with Crippen LogP contribution < -0.4 is 0 Å². The topological polar surface area (TPSA) is 12.9 Å². The van der Waals surface area contributed by atoms with Gasteiger partial charge in [0.05, 0.1) is 31.3 Å². The minimum Gasteiger partial charge on any atom is -0.246 e. The van der Waals surface area contributed by atoms with E-state index in [-0.39, 0.29) is 0 Å². The molecule has 1 nitrogen and oxygen atoms in total. The summed E-state index contributed by atoms with van der Waals surface area (Å²) in [5.74, 6) is 0. The van der Waals surface area contributed by atoms with Crippen molar-refractivity contribution in [1.82, 2.24) is 4.98 Å². The highest BCUT2D eigenvalue weighted by molar-refractivity contribution is 6.42. The van der Waals surface area contributed by atoms with Crippen LogP contribution >= 0.6 is 46.4 Å². The summed E-state index contributed by atoms with van der Waals surface area (Å²) < 4.78 is 0. The van der Waals surface area contributed by atoms with Crippen molar-refractivity contribution in [2.75, 3.05) is 0 Å². The van der Waals surface area contributed by atoms with Crippen molar-refractivity contribution in [3.05, 3.63) is 97.9 Å². The lowest BCUT2D eigenvalue weighted by Gasteiger charge is -2.13. The molecule has 4 aromatic rings. The summed E-state index contributed by atoms with van der Waals surface area (Å²) in [4.78, 5) is 4.76. The Morgan fingerprint density at radius 3 is 2.11 bits per heavy atom. The normalized spacial score (nSPS) is 11.1. The number of halogens is 4. The molecule has 1 heterocycles. The summed E-state index contributed by atoms with van der Waals surface area (Å²) in [6.45, 7) is 0. The molecule has 5 heteroatoms. The average Bonchev–Trinajstić information content (AvgIpc) is 2.67. The molecule has 0 bridgehead atoms. The number of fused-ring (bicyclic) bond motifs is 1. The van der Waals surface area contributed by atoms with E-state index < -0.39 is 0 Å². The van der Waals surface area contributed by atoms with Gasteiger partial charge >= 0.3 is 0 Å². The third kappa shape index (κ3) is 3.79. The molecule has 0 fully saturated rings. The summed E-state index contributed by atoms with van der Waals surface area (Å²) in [6, 6.07) is 21.3. The first-order valence-electron chi connectivity index (χ1n) is 8.30. The van der Waals surface area contributed by atoms with Crippen LogP contribution in [0.3, 0.4) is 0 Å². The quantitative estimate of drug-likeness (QED) is 0.318. The van der Waals surface area contributed by atoms with Gasteiger partial charge in [-0.2, -0.15) is 0 Å². The monoisotopic (exact) mass is 431 g/mol. The Kier molecular flexibility index (Phi) is 5.29. The first-order valence-corrected chi connectivity index (χ1v) is 9.81. The van der Waals surface area contributed by atoms with Crippen molar-refractivity contribution in [3.8, 4) is 11.3 Å². The predicted molar refractivity (Wildman–Crippen MR) is 116 cm³/mol. The van der Waals surface area contributed by atoms with Gasteiger partial charge in [-0.15, -0.1) is 0 Å². The number of hydrogen-bond donors (Lipinski definition) is 0. The van der Waals surface area contributed by atoms with E-state index in [4.69, 9.17) is 51.4 Å². The maximum absolute atomic E-state index is 6.51. The Balaban J connectivity index is 1.96. The highest BCUT2D eigenvalue weighted by Gasteiger charge is 2.14. The smallest absolute Gasteiger partial charge is 0.0913 e. The molecule has 134 valence electrons. The largest absolute Gasteiger partial charge is 0.246 e. The van der Waals surface area contributed by atoms with Gasteiger partial charge in [0.15, 0.2) is 0 Å². The van der Waals surface area contributed by atoms with Crippen molar-refractivity contribution in [2.45, 2.75) is 6.42 Å². The van der Waals surface area contributed by atoms with Crippen LogP contribution in [0.25, 0.3) is 22.2 Å². The summed E-state index contributed by atoms with van der Waals surface area (Å²) in [5.41, 5.74) is 4.56. The minimum atomic E-state index is 0.484. The molecule has 0 aliphatic carbocycles. The fourth-order valence-electron chi connectivity index (χ4n) is 3.10. The number of aromatic nitrogens is 1. The number of benzene rings is 3. The lowest BCUT2D eigenvalue weighted by molar-refractivity contribution is 1.20. The van der Waals surface area contributed by atoms with Gasteiger partial charge < -0.3 is 0 Å². The Bertz CT molecular complexity index is 1140. The molecule has 0 radical (unpaired) electrons. The van der Waals surface area contributed by atoms with Crippen LogP contribution in [0.15, 0.2) is 66.7 Å². The molecule has 27 heavy (non-hydrogen) atoms. The molecular weight excluding hydrogens is 420 g/mol. The van der Waals surface area contributed by atoms with Crippen molar-refractivity contribution in [2.24, 2.45) is 0 Å². The van der Waals surface area contributed by atoms with Gasteiger partial charge in [0, 0.05) is 10.9 Å². The third-order valence-corrected chi connectivity index (χ3v) is 5.75. The molecule has 4 rings (SSSR count). The van der Waals surface area contributed by atoms with E-state index in [2.05, 4.69) is 12.1 Å². The van der Waals surface area contributed by atoms with Gasteiger partial charge in [-0.25, -0.2) is 4.98 Å². The molecule has 1 aromatic heterocycles. The minimum absolute atomic E-state index is 0.484. The standard InChI is InChI=1S/C22H13Cl4N/c23-16-7-6-14(11-19(16)26)20-12-15(10-13-4-2-1-3-5-13)21-17(24)8-9-18(25)22(21)27-20/h1-9,11-12H,10H2. The molecule has 0 unspecified atom stereocenters. The van der Waals surface area contributed by atoms with E-state index in [1.165, 1.54) is 5.56 Å². The summed E-state index contributed by atoms with van der Waals surface area (Å²) in [7, 11) is 0. The van der Waals surface area contributed by atoms with Gasteiger partial charge in [-0.3, -0.25) is 0 Å². The van der Waals surface area contributed by atoms with Gasteiger partial charge in [0.25, 0.3) is 0 Å². The van der Waals surface area contributed by atoms with Crippen molar-refractivity contribution in [1.29, 1.82) is 0 Å². The Morgan fingerprint density at radius 1 is 0.667 bits per heavy atom. The fraction of sp³-hybridized carbons (Fsp3) is 0.0455. The van der Waals surface area contributed by atoms with E-state index in [9.17, 15) is 0 Å². The fourth-order valence-corrected chi connectivity index (χ4v) is 3.88. The Morgan fingerprint density at radius 2 is 1.37 bits per heavy atom.